The van der Waals surface area contributed by atoms with Crippen molar-refractivity contribution in [3.05, 3.63) is 35.0 Å². The van der Waals surface area contributed by atoms with Gasteiger partial charge >= 0.3 is 0 Å². The van der Waals surface area contributed by atoms with Crippen molar-refractivity contribution < 1.29 is 9.53 Å². The van der Waals surface area contributed by atoms with Gasteiger partial charge in [0, 0.05) is 35.2 Å². The lowest BCUT2D eigenvalue weighted by molar-refractivity contribution is 0.0304. The van der Waals surface area contributed by atoms with Gasteiger partial charge in [0.05, 0.1) is 18.8 Å². The number of hydrogen-bond donors (Lipinski definition) is 1. The van der Waals surface area contributed by atoms with Crippen molar-refractivity contribution in [1.29, 1.82) is 0 Å². The van der Waals surface area contributed by atoms with Gasteiger partial charge in [0.2, 0.25) is 0 Å². The van der Waals surface area contributed by atoms with E-state index in [9.17, 15) is 4.79 Å². The van der Waals surface area contributed by atoms with Crippen LogP contribution in [-0.2, 0) is 4.74 Å². The highest BCUT2D eigenvalue weighted by atomic mass is 35.5. The third-order valence-corrected chi connectivity index (χ3v) is 3.41. The SMILES string of the molecule is O=C(c1c[nH]c2ccc(Cl)cc12)N1CCOCC1. The van der Waals surface area contributed by atoms with E-state index in [1.807, 2.05) is 23.1 Å². The van der Waals surface area contributed by atoms with Gasteiger partial charge in [-0.1, -0.05) is 11.6 Å². The molecule has 94 valence electrons. The van der Waals surface area contributed by atoms with E-state index in [-0.39, 0.29) is 5.91 Å². The summed E-state index contributed by atoms with van der Waals surface area (Å²) in [6.45, 7) is 2.50. The predicted molar refractivity (Wildman–Crippen MR) is 70.0 cm³/mol. The summed E-state index contributed by atoms with van der Waals surface area (Å²) in [7, 11) is 0. The van der Waals surface area contributed by atoms with E-state index in [4.69, 9.17) is 16.3 Å². The van der Waals surface area contributed by atoms with E-state index >= 15 is 0 Å². The highest BCUT2D eigenvalue weighted by Crippen LogP contribution is 2.23. The number of ether oxygens (including phenoxy) is 1. The quantitative estimate of drug-likeness (QED) is 0.859. The maximum atomic E-state index is 12.4. The second kappa shape index (κ2) is 4.63. The molecule has 3 rings (SSSR count). The van der Waals surface area contributed by atoms with E-state index < -0.39 is 0 Å². The molecule has 4 nitrogen and oxygen atoms in total. The van der Waals surface area contributed by atoms with Crippen molar-refractivity contribution >= 4 is 28.4 Å². The van der Waals surface area contributed by atoms with E-state index in [1.165, 1.54) is 0 Å². The Balaban J connectivity index is 1.98. The van der Waals surface area contributed by atoms with Crippen molar-refractivity contribution in [3.8, 4) is 0 Å². The Bertz CT molecular complexity index is 588. The van der Waals surface area contributed by atoms with Crippen molar-refractivity contribution in [2.75, 3.05) is 26.3 Å². The standard InChI is InChI=1S/C13H13ClN2O2/c14-9-1-2-12-10(7-9)11(8-15-12)13(17)16-3-5-18-6-4-16/h1-2,7-8,15H,3-6H2. The number of carbonyl (C=O) groups excluding carboxylic acids is 1. The second-order valence-electron chi connectivity index (χ2n) is 4.30. The lowest BCUT2D eigenvalue weighted by Gasteiger charge is -2.26. The van der Waals surface area contributed by atoms with Crippen LogP contribution in [0, 0.1) is 0 Å². The number of halogens is 1. The maximum Gasteiger partial charge on any atom is 0.256 e. The molecule has 2 aromatic rings. The highest BCUT2D eigenvalue weighted by Gasteiger charge is 2.21. The number of hydrogen-bond acceptors (Lipinski definition) is 2. The molecule has 1 fully saturated rings. The van der Waals surface area contributed by atoms with E-state index in [1.54, 1.807) is 6.20 Å². The zero-order chi connectivity index (χ0) is 12.5. The number of rotatable bonds is 1. The van der Waals surface area contributed by atoms with E-state index in [2.05, 4.69) is 4.98 Å². The number of nitrogens with one attached hydrogen (secondary N) is 1. The van der Waals surface area contributed by atoms with Crippen molar-refractivity contribution in [2.24, 2.45) is 0 Å². The number of morpholine rings is 1. The molecule has 5 heteroatoms. The van der Waals surface area contributed by atoms with Crippen LogP contribution in [0.5, 0.6) is 0 Å². The first-order valence-electron chi connectivity index (χ1n) is 5.89. The molecule has 1 aromatic carbocycles. The minimum atomic E-state index is 0.0341. The molecular formula is C13H13ClN2O2. The van der Waals surface area contributed by atoms with Crippen LogP contribution in [-0.4, -0.2) is 42.1 Å². The van der Waals surface area contributed by atoms with Crippen LogP contribution >= 0.6 is 11.6 Å². The lowest BCUT2D eigenvalue weighted by Crippen LogP contribution is -2.40. The Hall–Kier alpha value is -1.52. The molecule has 1 amide bonds. The first kappa shape index (κ1) is 11.6. The van der Waals surface area contributed by atoms with Gasteiger partial charge in [-0.3, -0.25) is 4.79 Å². The number of aromatic nitrogens is 1. The molecule has 0 saturated carbocycles. The molecule has 18 heavy (non-hydrogen) atoms. The second-order valence-corrected chi connectivity index (χ2v) is 4.73. The zero-order valence-corrected chi connectivity index (χ0v) is 10.5. The smallest absolute Gasteiger partial charge is 0.256 e. The summed E-state index contributed by atoms with van der Waals surface area (Å²) in [5.41, 5.74) is 1.60. The van der Waals surface area contributed by atoms with Gasteiger partial charge < -0.3 is 14.6 Å². The fraction of sp³-hybridized carbons (Fsp3) is 0.308. The fourth-order valence-corrected chi connectivity index (χ4v) is 2.38. The van der Waals surface area contributed by atoms with Gasteiger partial charge in [-0.2, -0.15) is 0 Å². The van der Waals surface area contributed by atoms with Gasteiger partial charge in [-0.25, -0.2) is 0 Å². The number of H-pyrrole nitrogens is 1. The summed E-state index contributed by atoms with van der Waals surface area (Å²) in [5.74, 6) is 0.0341. The fourth-order valence-electron chi connectivity index (χ4n) is 2.21. The van der Waals surface area contributed by atoms with Crippen LogP contribution in [0.2, 0.25) is 5.02 Å². The Morgan fingerprint density at radius 1 is 1.33 bits per heavy atom. The van der Waals surface area contributed by atoms with Gasteiger partial charge in [0.15, 0.2) is 0 Å². The van der Waals surface area contributed by atoms with Crippen LogP contribution < -0.4 is 0 Å². The van der Waals surface area contributed by atoms with Crippen molar-refractivity contribution in [3.63, 3.8) is 0 Å². The molecule has 0 spiro atoms. The third kappa shape index (κ3) is 1.98. The summed E-state index contributed by atoms with van der Waals surface area (Å²) < 4.78 is 5.25. The molecule has 1 N–H and O–H groups in total. The largest absolute Gasteiger partial charge is 0.378 e. The highest BCUT2D eigenvalue weighted by molar-refractivity contribution is 6.31. The summed E-state index contributed by atoms with van der Waals surface area (Å²) in [6.07, 6.45) is 1.75. The molecule has 1 aromatic heterocycles. The summed E-state index contributed by atoms with van der Waals surface area (Å²) in [4.78, 5) is 17.3. The number of benzene rings is 1. The summed E-state index contributed by atoms with van der Waals surface area (Å²) in [5, 5.41) is 1.51. The molecule has 2 heterocycles. The average Bonchev–Trinajstić information content (AvgIpc) is 2.82. The Labute approximate surface area is 109 Å². The van der Waals surface area contributed by atoms with Crippen molar-refractivity contribution in [2.45, 2.75) is 0 Å². The molecule has 0 radical (unpaired) electrons. The summed E-state index contributed by atoms with van der Waals surface area (Å²) >= 11 is 5.98. The van der Waals surface area contributed by atoms with E-state index in [0.29, 0.717) is 36.9 Å². The van der Waals surface area contributed by atoms with E-state index in [0.717, 1.165) is 10.9 Å². The summed E-state index contributed by atoms with van der Waals surface area (Å²) in [6, 6.07) is 5.51. The number of nitrogens with zero attached hydrogens (tertiary/aromatic N) is 1. The number of fused-ring (bicyclic) bond motifs is 1. The predicted octanol–water partition coefficient (Wildman–Crippen LogP) is 2.29. The first-order valence-corrected chi connectivity index (χ1v) is 6.27. The van der Waals surface area contributed by atoms with Gasteiger partial charge in [-0.05, 0) is 18.2 Å². The zero-order valence-electron chi connectivity index (χ0n) is 9.78. The molecule has 1 aliphatic heterocycles. The number of carbonyl (C=O) groups is 1. The molecule has 0 atom stereocenters. The number of aromatic amines is 1. The molecule has 1 saturated heterocycles. The van der Waals surface area contributed by atoms with Crippen molar-refractivity contribution in [1.82, 2.24) is 9.88 Å². The van der Waals surface area contributed by atoms with Gasteiger partial charge in [0.25, 0.3) is 5.91 Å². The van der Waals surface area contributed by atoms with Crippen LogP contribution in [0.25, 0.3) is 10.9 Å². The normalized spacial score (nSPS) is 16.2. The minimum absolute atomic E-state index is 0.0341. The Morgan fingerprint density at radius 2 is 2.11 bits per heavy atom. The molecule has 0 aliphatic carbocycles. The van der Waals surface area contributed by atoms with Crippen LogP contribution in [0.15, 0.2) is 24.4 Å². The molecular weight excluding hydrogens is 252 g/mol. The Morgan fingerprint density at radius 3 is 2.89 bits per heavy atom. The maximum absolute atomic E-state index is 12.4. The van der Waals surface area contributed by atoms with Crippen LogP contribution in [0.1, 0.15) is 10.4 Å². The molecule has 1 aliphatic rings. The Kier molecular flexibility index (Phi) is 2.97. The minimum Gasteiger partial charge on any atom is -0.378 e. The van der Waals surface area contributed by atoms with Crippen LogP contribution in [0.4, 0.5) is 0 Å². The number of amides is 1. The van der Waals surface area contributed by atoms with Gasteiger partial charge in [-0.15, -0.1) is 0 Å². The first-order chi connectivity index (χ1) is 8.75. The monoisotopic (exact) mass is 264 g/mol. The average molecular weight is 265 g/mol. The third-order valence-electron chi connectivity index (χ3n) is 3.17. The molecule has 0 unspecified atom stereocenters. The molecule has 0 bridgehead atoms. The lowest BCUT2D eigenvalue weighted by atomic mass is 10.1. The topological polar surface area (TPSA) is 45.3 Å². The van der Waals surface area contributed by atoms with Gasteiger partial charge in [0.1, 0.15) is 0 Å². The van der Waals surface area contributed by atoms with Crippen LogP contribution in [0.3, 0.4) is 0 Å².